The van der Waals surface area contributed by atoms with Crippen molar-refractivity contribution in [2.75, 3.05) is 13.2 Å². The quantitative estimate of drug-likeness (QED) is 0.0351. The molecule has 0 aromatic heterocycles. The van der Waals surface area contributed by atoms with Crippen LogP contribution in [0.25, 0.3) is 0 Å². The molecule has 262 valence electrons. The molecule has 46 heavy (non-hydrogen) atoms. The number of esters is 2. The number of ether oxygens (including phenoxy) is 2. The van der Waals surface area contributed by atoms with Gasteiger partial charge in [-0.25, -0.2) is 0 Å². The number of hydrogen-bond donors (Lipinski definition) is 2. The Balaban J connectivity index is 3.82. The minimum atomic E-state index is -0.824. The van der Waals surface area contributed by atoms with E-state index in [4.69, 9.17) is 9.47 Å². The van der Waals surface area contributed by atoms with Crippen molar-refractivity contribution in [2.45, 2.75) is 149 Å². The van der Waals surface area contributed by atoms with E-state index < -0.39 is 18.2 Å². The monoisotopic (exact) mass is 642 g/mol. The average Bonchev–Trinajstić information content (AvgIpc) is 3.05. The number of aliphatic hydroxyl groups is 2. The molecule has 3 atom stereocenters. The molecule has 0 amide bonds. The first-order chi connectivity index (χ1) is 22.4. The normalized spacial score (nSPS) is 14.5. The van der Waals surface area contributed by atoms with Crippen molar-refractivity contribution >= 4 is 11.9 Å². The Labute approximate surface area is 281 Å². The molecule has 0 saturated carbocycles. The number of allylic oxidation sites excluding steroid dienone is 10. The van der Waals surface area contributed by atoms with E-state index >= 15 is 0 Å². The van der Waals surface area contributed by atoms with Crippen molar-refractivity contribution in [3.8, 4) is 0 Å². The van der Waals surface area contributed by atoms with Crippen LogP contribution in [0.15, 0.2) is 72.9 Å². The molecule has 2 N–H and O–H groups in total. The van der Waals surface area contributed by atoms with Gasteiger partial charge in [-0.15, -0.1) is 0 Å². The van der Waals surface area contributed by atoms with Gasteiger partial charge in [0.05, 0.1) is 12.7 Å². The van der Waals surface area contributed by atoms with E-state index in [9.17, 15) is 19.8 Å². The molecular weight excluding hydrogens is 576 g/mol. The van der Waals surface area contributed by atoms with Crippen molar-refractivity contribution in [2.24, 2.45) is 5.92 Å². The molecule has 0 rings (SSSR count). The predicted molar refractivity (Wildman–Crippen MR) is 192 cm³/mol. The summed E-state index contributed by atoms with van der Waals surface area (Å²) in [5, 5.41) is 19.3. The van der Waals surface area contributed by atoms with E-state index in [1.165, 1.54) is 44.9 Å². The van der Waals surface area contributed by atoms with Crippen LogP contribution in [-0.4, -0.2) is 47.6 Å². The van der Waals surface area contributed by atoms with Gasteiger partial charge in [-0.3, -0.25) is 9.59 Å². The third-order valence-corrected chi connectivity index (χ3v) is 7.65. The van der Waals surface area contributed by atoms with Crippen molar-refractivity contribution in [3.63, 3.8) is 0 Å². The number of carbonyl (C=O) groups is 2. The average molecular weight is 643 g/mol. The van der Waals surface area contributed by atoms with Gasteiger partial charge >= 0.3 is 11.9 Å². The topological polar surface area (TPSA) is 93.1 Å². The summed E-state index contributed by atoms with van der Waals surface area (Å²) < 4.78 is 10.5. The maximum atomic E-state index is 12.1. The summed E-state index contributed by atoms with van der Waals surface area (Å²) in [7, 11) is 0. The second-order valence-corrected chi connectivity index (χ2v) is 12.0. The lowest BCUT2D eigenvalue weighted by Gasteiger charge is -2.15. The lowest BCUT2D eigenvalue weighted by Crippen LogP contribution is -2.28. The fourth-order valence-corrected chi connectivity index (χ4v) is 4.52. The Bertz CT molecular complexity index is 897. The maximum absolute atomic E-state index is 12.1. The van der Waals surface area contributed by atoms with Crippen LogP contribution >= 0.6 is 0 Å². The highest BCUT2D eigenvalue weighted by molar-refractivity contribution is 5.70. The molecule has 0 spiro atoms. The van der Waals surface area contributed by atoms with Crippen LogP contribution in [0.4, 0.5) is 0 Å². The van der Waals surface area contributed by atoms with Gasteiger partial charge < -0.3 is 19.7 Å². The third-order valence-electron chi connectivity index (χ3n) is 7.65. The highest BCUT2D eigenvalue weighted by Crippen LogP contribution is 2.15. The second-order valence-electron chi connectivity index (χ2n) is 12.0. The number of carbonyl (C=O) groups excluding carboxylic acids is 2. The molecular formula is C40H66O6. The summed E-state index contributed by atoms with van der Waals surface area (Å²) >= 11 is 0. The highest BCUT2D eigenvalue weighted by Gasteiger charge is 2.15. The van der Waals surface area contributed by atoms with Crippen LogP contribution < -0.4 is 0 Å². The minimum Gasteiger partial charge on any atom is -0.462 e. The van der Waals surface area contributed by atoms with E-state index in [0.29, 0.717) is 19.3 Å². The smallest absolute Gasteiger partial charge is 0.306 e. The largest absolute Gasteiger partial charge is 0.462 e. The van der Waals surface area contributed by atoms with Gasteiger partial charge in [-0.05, 0) is 50.9 Å². The molecule has 2 unspecified atom stereocenters. The Morgan fingerprint density at radius 3 is 1.93 bits per heavy atom. The summed E-state index contributed by atoms with van der Waals surface area (Å²) in [6.07, 6.45) is 40.1. The first-order valence-corrected chi connectivity index (χ1v) is 18.0. The molecule has 0 fully saturated rings. The third kappa shape index (κ3) is 31.3. The van der Waals surface area contributed by atoms with E-state index in [2.05, 4.69) is 57.2 Å². The van der Waals surface area contributed by atoms with Gasteiger partial charge in [-0.1, -0.05) is 151 Å². The van der Waals surface area contributed by atoms with Crippen LogP contribution in [-0.2, 0) is 19.1 Å². The van der Waals surface area contributed by atoms with Crippen molar-refractivity contribution in [3.05, 3.63) is 72.9 Å². The molecule has 0 saturated heterocycles. The Kier molecular flexibility index (Phi) is 31.7. The zero-order valence-electron chi connectivity index (χ0n) is 29.3. The van der Waals surface area contributed by atoms with E-state index in [0.717, 1.165) is 50.9 Å². The molecule has 0 aliphatic carbocycles. The molecule has 0 aliphatic rings. The minimum absolute atomic E-state index is 0.110. The Hall–Kier alpha value is -2.70. The second kappa shape index (κ2) is 33.7. The first-order valence-electron chi connectivity index (χ1n) is 18.0. The van der Waals surface area contributed by atoms with Crippen LogP contribution in [0.2, 0.25) is 0 Å². The van der Waals surface area contributed by atoms with Crippen molar-refractivity contribution < 1.29 is 29.3 Å². The summed E-state index contributed by atoms with van der Waals surface area (Å²) in [5.41, 5.74) is 0. The first kappa shape index (κ1) is 43.3. The van der Waals surface area contributed by atoms with Gasteiger partial charge in [0.1, 0.15) is 6.61 Å². The van der Waals surface area contributed by atoms with Crippen LogP contribution in [0.5, 0.6) is 0 Å². The van der Waals surface area contributed by atoms with E-state index in [1.807, 2.05) is 30.4 Å². The Morgan fingerprint density at radius 1 is 0.696 bits per heavy atom. The van der Waals surface area contributed by atoms with Gasteiger partial charge in [0.15, 0.2) is 6.10 Å². The van der Waals surface area contributed by atoms with Gasteiger partial charge in [0, 0.05) is 12.8 Å². The lowest BCUT2D eigenvalue weighted by atomic mass is 9.99. The molecule has 0 aromatic rings. The van der Waals surface area contributed by atoms with E-state index in [-0.39, 0.29) is 25.6 Å². The van der Waals surface area contributed by atoms with Crippen molar-refractivity contribution in [1.29, 1.82) is 0 Å². The fourth-order valence-electron chi connectivity index (χ4n) is 4.52. The summed E-state index contributed by atoms with van der Waals surface area (Å²) in [6.45, 7) is 6.18. The van der Waals surface area contributed by atoms with Crippen molar-refractivity contribution in [1.82, 2.24) is 0 Å². The van der Waals surface area contributed by atoms with Gasteiger partial charge in [0.2, 0.25) is 0 Å². The molecule has 6 nitrogen and oxygen atoms in total. The van der Waals surface area contributed by atoms with Crippen LogP contribution in [0, 0.1) is 5.92 Å². The number of aliphatic hydroxyl groups excluding tert-OH is 2. The number of hydrogen-bond acceptors (Lipinski definition) is 6. The summed E-state index contributed by atoms with van der Waals surface area (Å²) in [6, 6.07) is 0. The van der Waals surface area contributed by atoms with Crippen LogP contribution in [0.1, 0.15) is 136 Å². The molecule has 0 heterocycles. The maximum Gasteiger partial charge on any atom is 0.306 e. The molecule has 0 aliphatic heterocycles. The highest BCUT2D eigenvalue weighted by atomic mass is 16.6. The number of rotatable bonds is 30. The lowest BCUT2D eigenvalue weighted by molar-refractivity contribution is -0.161. The standard InChI is InChI=1S/C40H66O6/c1-4-6-24-30-37(42)31-26-21-17-12-10-8-7-9-11-13-19-23-28-33-40(44)46-38(34-41)35-45-39(43)32-27-22-18-15-14-16-20-25-29-36(3)5-2/h6,8-11,17,19,21,23-24,26,31,36-38,41-42H,4-5,7,12-16,18,20,22,25,27-30,32-35H2,1-3H3/b10-8-,11-9-,21-17+,23-19-,24-6-,31-26+/t36?,37?,38-/m0/s1. The van der Waals surface area contributed by atoms with Crippen LogP contribution in [0.3, 0.4) is 0 Å². The zero-order chi connectivity index (χ0) is 33.9. The fraction of sp³-hybridized carbons (Fsp3) is 0.650. The molecule has 0 aromatic carbocycles. The Morgan fingerprint density at radius 2 is 1.30 bits per heavy atom. The number of unbranched alkanes of at least 4 members (excludes halogenated alkanes) is 7. The van der Waals surface area contributed by atoms with Gasteiger partial charge in [0.25, 0.3) is 0 Å². The summed E-state index contributed by atoms with van der Waals surface area (Å²) in [4.78, 5) is 24.1. The molecule has 0 bridgehead atoms. The molecule has 0 radical (unpaired) electrons. The summed E-state index contributed by atoms with van der Waals surface area (Å²) in [5.74, 6) is 0.128. The van der Waals surface area contributed by atoms with E-state index in [1.54, 1.807) is 6.08 Å². The van der Waals surface area contributed by atoms with Gasteiger partial charge in [-0.2, -0.15) is 0 Å². The zero-order valence-corrected chi connectivity index (χ0v) is 29.3. The SMILES string of the molecule is CC/C=C\CC(O)/C=C/C=C/C/C=C\C/C=C\C/C=C\CCC(=O)O[C@@H](CO)COC(=O)CCCCCCCCCCC(C)CC. The molecule has 6 heteroatoms. The predicted octanol–water partition coefficient (Wildman–Crippen LogP) is 9.83.